The summed E-state index contributed by atoms with van der Waals surface area (Å²) < 4.78 is 12.9. The topological polar surface area (TPSA) is 17.1 Å². The average molecular weight is 297 g/mol. The molecular formula is C15H14ClFOS. The molecular weight excluding hydrogens is 283 g/mol. The van der Waals surface area contributed by atoms with E-state index in [-0.39, 0.29) is 18.0 Å². The Labute approximate surface area is 121 Å². The molecule has 0 saturated heterocycles. The molecule has 0 aliphatic heterocycles. The van der Waals surface area contributed by atoms with E-state index in [1.165, 1.54) is 17.0 Å². The summed E-state index contributed by atoms with van der Waals surface area (Å²) in [7, 11) is 0. The van der Waals surface area contributed by atoms with E-state index in [9.17, 15) is 9.18 Å². The number of benzene rings is 1. The van der Waals surface area contributed by atoms with Gasteiger partial charge in [-0.1, -0.05) is 23.7 Å². The summed E-state index contributed by atoms with van der Waals surface area (Å²) in [6.45, 7) is 0. The molecule has 0 aliphatic carbocycles. The first-order valence-corrected chi connectivity index (χ1v) is 7.39. The number of rotatable bonds is 6. The number of halogens is 2. The number of thiophene rings is 1. The highest BCUT2D eigenvalue weighted by Crippen LogP contribution is 2.19. The molecule has 4 heteroatoms. The summed E-state index contributed by atoms with van der Waals surface area (Å²) in [5.74, 6) is -0.232. The van der Waals surface area contributed by atoms with Crippen LogP contribution in [0.1, 0.15) is 23.3 Å². The van der Waals surface area contributed by atoms with Crippen molar-refractivity contribution in [3.05, 3.63) is 57.0 Å². The Morgan fingerprint density at radius 2 is 2.16 bits per heavy atom. The molecule has 0 radical (unpaired) electrons. The van der Waals surface area contributed by atoms with Gasteiger partial charge in [0.15, 0.2) is 0 Å². The molecule has 0 amide bonds. The van der Waals surface area contributed by atoms with E-state index in [1.807, 2.05) is 11.4 Å². The highest BCUT2D eigenvalue weighted by molar-refractivity contribution is 7.09. The number of hydrogen-bond acceptors (Lipinski definition) is 2. The molecule has 0 atom stereocenters. The fraction of sp³-hybridized carbons (Fsp3) is 0.267. The van der Waals surface area contributed by atoms with Crippen LogP contribution in [0.4, 0.5) is 4.39 Å². The molecule has 0 bridgehead atoms. The van der Waals surface area contributed by atoms with Crippen molar-refractivity contribution in [2.75, 3.05) is 0 Å². The van der Waals surface area contributed by atoms with E-state index >= 15 is 0 Å². The van der Waals surface area contributed by atoms with Gasteiger partial charge in [-0.2, -0.15) is 0 Å². The molecule has 2 rings (SSSR count). The fourth-order valence-electron chi connectivity index (χ4n) is 1.88. The Morgan fingerprint density at radius 3 is 2.84 bits per heavy atom. The molecule has 0 spiro atoms. The zero-order valence-corrected chi connectivity index (χ0v) is 11.9. The van der Waals surface area contributed by atoms with E-state index in [2.05, 4.69) is 6.07 Å². The molecule has 0 unspecified atom stereocenters. The lowest BCUT2D eigenvalue weighted by Gasteiger charge is -2.04. The quantitative estimate of drug-likeness (QED) is 0.757. The summed E-state index contributed by atoms with van der Waals surface area (Å²) >= 11 is 7.61. The average Bonchev–Trinajstić information content (AvgIpc) is 2.86. The SMILES string of the molecule is O=C(CCCc1cccs1)Cc1ccc(F)cc1Cl. The minimum Gasteiger partial charge on any atom is -0.299 e. The first-order valence-electron chi connectivity index (χ1n) is 6.13. The Bertz CT molecular complexity index is 551. The Kier molecular flexibility index (Phi) is 5.11. The molecule has 1 heterocycles. The number of carbonyl (C=O) groups is 1. The first kappa shape index (κ1) is 14.2. The van der Waals surface area contributed by atoms with Gasteiger partial charge < -0.3 is 0 Å². The third-order valence-corrected chi connectivity index (χ3v) is 4.15. The first-order chi connectivity index (χ1) is 9.15. The van der Waals surface area contributed by atoms with Crippen LogP contribution in [0.5, 0.6) is 0 Å². The molecule has 0 saturated carbocycles. The number of Topliss-reactive ketones (excluding diaryl/α,β-unsaturated/α-hetero) is 1. The summed E-state index contributed by atoms with van der Waals surface area (Å²) in [5.41, 5.74) is 0.698. The summed E-state index contributed by atoms with van der Waals surface area (Å²) in [4.78, 5) is 13.1. The molecule has 2 aromatic rings. The van der Waals surface area contributed by atoms with Crippen molar-refractivity contribution < 1.29 is 9.18 Å². The molecule has 0 N–H and O–H groups in total. The summed E-state index contributed by atoms with van der Waals surface area (Å²) in [5, 5.41) is 2.36. The van der Waals surface area contributed by atoms with Gasteiger partial charge in [-0.15, -0.1) is 11.3 Å². The van der Waals surface area contributed by atoms with Crippen LogP contribution in [0.2, 0.25) is 5.02 Å². The molecule has 1 nitrogen and oxygen atoms in total. The minimum absolute atomic E-state index is 0.144. The maximum absolute atomic E-state index is 12.9. The van der Waals surface area contributed by atoms with Crippen LogP contribution in [-0.4, -0.2) is 5.78 Å². The summed E-state index contributed by atoms with van der Waals surface area (Å²) in [6, 6.07) is 8.25. The maximum Gasteiger partial charge on any atom is 0.137 e. The van der Waals surface area contributed by atoms with E-state index in [4.69, 9.17) is 11.6 Å². The third kappa shape index (κ3) is 4.44. The normalized spacial score (nSPS) is 10.6. The van der Waals surface area contributed by atoms with Crippen molar-refractivity contribution in [2.24, 2.45) is 0 Å². The predicted molar refractivity (Wildman–Crippen MR) is 77.4 cm³/mol. The van der Waals surface area contributed by atoms with Crippen molar-refractivity contribution in [1.82, 2.24) is 0 Å². The second kappa shape index (κ2) is 6.83. The number of ketones is 1. The molecule has 1 aromatic carbocycles. The van der Waals surface area contributed by atoms with Crippen LogP contribution in [0.25, 0.3) is 0 Å². The molecule has 19 heavy (non-hydrogen) atoms. The van der Waals surface area contributed by atoms with Gasteiger partial charge in [-0.25, -0.2) is 4.39 Å². The van der Waals surface area contributed by atoms with E-state index < -0.39 is 0 Å². The van der Waals surface area contributed by atoms with Crippen LogP contribution >= 0.6 is 22.9 Å². The van der Waals surface area contributed by atoms with Crippen LogP contribution in [0.15, 0.2) is 35.7 Å². The van der Waals surface area contributed by atoms with E-state index in [0.29, 0.717) is 17.0 Å². The zero-order chi connectivity index (χ0) is 13.7. The maximum atomic E-state index is 12.9. The van der Waals surface area contributed by atoms with Crippen molar-refractivity contribution in [2.45, 2.75) is 25.7 Å². The van der Waals surface area contributed by atoms with E-state index in [0.717, 1.165) is 12.8 Å². The van der Waals surface area contributed by atoms with Crippen molar-refractivity contribution in [1.29, 1.82) is 0 Å². The van der Waals surface area contributed by atoms with Gasteiger partial charge in [0, 0.05) is 22.7 Å². The molecule has 100 valence electrons. The van der Waals surface area contributed by atoms with Gasteiger partial charge in [0.1, 0.15) is 11.6 Å². The molecule has 0 aliphatic rings. The lowest BCUT2D eigenvalue weighted by Crippen LogP contribution is -2.03. The van der Waals surface area contributed by atoms with Gasteiger partial charge in [0.05, 0.1) is 0 Å². The monoisotopic (exact) mass is 296 g/mol. The van der Waals surface area contributed by atoms with Gasteiger partial charge in [-0.3, -0.25) is 4.79 Å². The molecule has 0 fully saturated rings. The zero-order valence-electron chi connectivity index (χ0n) is 10.4. The van der Waals surface area contributed by atoms with Gasteiger partial charge >= 0.3 is 0 Å². The predicted octanol–water partition coefficient (Wildman–Crippen LogP) is 4.68. The van der Waals surface area contributed by atoms with Gasteiger partial charge in [-0.05, 0) is 42.0 Å². The van der Waals surface area contributed by atoms with Crippen LogP contribution < -0.4 is 0 Å². The van der Waals surface area contributed by atoms with Crippen molar-refractivity contribution >= 4 is 28.7 Å². The largest absolute Gasteiger partial charge is 0.299 e. The van der Waals surface area contributed by atoms with Crippen LogP contribution in [-0.2, 0) is 17.6 Å². The van der Waals surface area contributed by atoms with Crippen molar-refractivity contribution in [3.8, 4) is 0 Å². The van der Waals surface area contributed by atoms with Crippen LogP contribution in [0, 0.1) is 5.82 Å². The number of hydrogen-bond donors (Lipinski definition) is 0. The second-order valence-corrected chi connectivity index (χ2v) is 5.82. The highest BCUT2D eigenvalue weighted by atomic mass is 35.5. The lowest BCUT2D eigenvalue weighted by atomic mass is 10.0. The van der Waals surface area contributed by atoms with Crippen molar-refractivity contribution in [3.63, 3.8) is 0 Å². The highest BCUT2D eigenvalue weighted by Gasteiger charge is 2.08. The minimum atomic E-state index is -0.376. The Balaban J connectivity index is 1.80. The van der Waals surface area contributed by atoms with Crippen LogP contribution in [0.3, 0.4) is 0 Å². The van der Waals surface area contributed by atoms with E-state index in [1.54, 1.807) is 17.4 Å². The number of carbonyl (C=O) groups excluding carboxylic acids is 1. The molecule has 1 aromatic heterocycles. The lowest BCUT2D eigenvalue weighted by molar-refractivity contribution is -0.118. The Hall–Kier alpha value is -1.19. The fourth-order valence-corrected chi connectivity index (χ4v) is 2.87. The second-order valence-electron chi connectivity index (χ2n) is 4.38. The smallest absolute Gasteiger partial charge is 0.137 e. The Morgan fingerprint density at radius 1 is 1.32 bits per heavy atom. The van der Waals surface area contributed by atoms with Gasteiger partial charge in [0.2, 0.25) is 0 Å². The standard InChI is InChI=1S/C15H14ClFOS/c16-15-10-12(17)7-6-11(15)9-13(18)3-1-4-14-5-2-8-19-14/h2,5-8,10H,1,3-4,9H2. The van der Waals surface area contributed by atoms with Gasteiger partial charge in [0.25, 0.3) is 0 Å². The summed E-state index contributed by atoms with van der Waals surface area (Å²) in [6.07, 6.45) is 2.59. The third-order valence-electron chi connectivity index (χ3n) is 2.86. The number of aryl methyl sites for hydroxylation is 1.